The zero-order valence-electron chi connectivity index (χ0n) is 10.3. The monoisotopic (exact) mass is 298 g/mol. The van der Waals surface area contributed by atoms with E-state index in [1.54, 1.807) is 11.8 Å². The lowest BCUT2D eigenvalue weighted by molar-refractivity contribution is 0.750. The standard InChI is InChI=1S/C13H15ClN2S2/c1-8(2)7-17-13-16-11(12(15)18-13)9-5-3-4-6-10(9)14/h3-6,8H,7,15H2,1-2H3. The van der Waals surface area contributed by atoms with Gasteiger partial charge in [0, 0.05) is 11.3 Å². The van der Waals surface area contributed by atoms with E-state index in [1.165, 1.54) is 11.3 Å². The van der Waals surface area contributed by atoms with Crippen LogP contribution in [0, 0.1) is 5.92 Å². The number of thiazole rings is 1. The van der Waals surface area contributed by atoms with E-state index in [1.807, 2.05) is 24.3 Å². The second-order valence-corrected chi connectivity index (χ2v) is 7.08. The van der Waals surface area contributed by atoms with Crippen LogP contribution in [-0.4, -0.2) is 10.7 Å². The predicted molar refractivity (Wildman–Crippen MR) is 82.5 cm³/mol. The van der Waals surface area contributed by atoms with E-state index in [4.69, 9.17) is 17.3 Å². The number of aromatic nitrogens is 1. The Kier molecular flexibility index (Phi) is 4.54. The van der Waals surface area contributed by atoms with Crippen molar-refractivity contribution in [3.63, 3.8) is 0 Å². The van der Waals surface area contributed by atoms with Crippen LogP contribution in [0.3, 0.4) is 0 Å². The van der Waals surface area contributed by atoms with Gasteiger partial charge in [0.1, 0.15) is 10.7 Å². The number of rotatable bonds is 4. The van der Waals surface area contributed by atoms with Gasteiger partial charge in [-0.25, -0.2) is 4.98 Å². The number of nitrogens with zero attached hydrogens (tertiary/aromatic N) is 1. The van der Waals surface area contributed by atoms with Crippen LogP contribution < -0.4 is 5.73 Å². The zero-order valence-corrected chi connectivity index (χ0v) is 12.7. The molecule has 0 unspecified atom stereocenters. The number of hydrogen-bond acceptors (Lipinski definition) is 4. The third kappa shape index (κ3) is 3.19. The molecule has 0 saturated carbocycles. The van der Waals surface area contributed by atoms with Crippen molar-refractivity contribution in [2.24, 2.45) is 5.92 Å². The van der Waals surface area contributed by atoms with Crippen LogP contribution >= 0.6 is 34.7 Å². The molecular weight excluding hydrogens is 284 g/mol. The summed E-state index contributed by atoms with van der Waals surface area (Å²) in [7, 11) is 0. The quantitative estimate of drug-likeness (QED) is 0.825. The van der Waals surface area contributed by atoms with E-state index in [-0.39, 0.29) is 0 Å². The first-order valence-corrected chi connectivity index (χ1v) is 7.90. The summed E-state index contributed by atoms with van der Waals surface area (Å²) >= 11 is 9.45. The van der Waals surface area contributed by atoms with Crippen LogP contribution in [0.5, 0.6) is 0 Å². The lowest BCUT2D eigenvalue weighted by atomic mass is 10.2. The summed E-state index contributed by atoms with van der Waals surface area (Å²) in [5.74, 6) is 1.69. The van der Waals surface area contributed by atoms with Crippen LogP contribution in [0.4, 0.5) is 5.00 Å². The molecule has 2 nitrogen and oxygen atoms in total. The molecule has 0 saturated heterocycles. The van der Waals surface area contributed by atoms with Crippen molar-refractivity contribution in [1.82, 2.24) is 4.98 Å². The molecule has 2 N–H and O–H groups in total. The van der Waals surface area contributed by atoms with E-state index in [0.717, 1.165) is 26.4 Å². The largest absolute Gasteiger partial charge is 0.389 e. The van der Waals surface area contributed by atoms with Crippen molar-refractivity contribution in [2.75, 3.05) is 11.5 Å². The molecule has 0 spiro atoms. The molecule has 2 rings (SSSR count). The Labute approximate surface area is 121 Å². The summed E-state index contributed by atoms with van der Waals surface area (Å²) in [6, 6.07) is 7.66. The number of anilines is 1. The minimum Gasteiger partial charge on any atom is -0.389 e. The summed E-state index contributed by atoms with van der Waals surface area (Å²) in [5, 5.41) is 1.42. The van der Waals surface area contributed by atoms with Crippen molar-refractivity contribution < 1.29 is 0 Å². The van der Waals surface area contributed by atoms with Crippen molar-refractivity contribution in [3.8, 4) is 11.3 Å². The Morgan fingerprint density at radius 1 is 1.39 bits per heavy atom. The van der Waals surface area contributed by atoms with Gasteiger partial charge in [0.2, 0.25) is 0 Å². The van der Waals surface area contributed by atoms with Crippen molar-refractivity contribution in [3.05, 3.63) is 29.3 Å². The van der Waals surface area contributed by atoms with Gasteiger partial charge in [-0.2, -0.15) is 0 Å². The third-order valence-corrected chi connectivity index (χ3v) is 5.09. The minimum absolute atomic E-state index is 0.642. The van der Waals surface area contributed by atoms with E-state index >= 15 is 0 Å². The highest BCUT2D eigenvalue weighted by molar-refractivity contribution is 8.01. The van der Waals surface area contributed by atoms with Gasteiger partial charge in [-0.3, -0.25) is 0 Å². The van der Waals surface area contributed by atoms with Crippen molar-refractivity contribution in [2.45, 2.75) is 18.2 Å². The van der Waals surface area contributed by atoms with Gasteiger partial charge in [0.25, 0.3) is 0 Å². The van der Waals surface area contributed by atoms with Crippen LogP contribution in [0.25, 0.3) is 11.3 Å². The molecule has 0 fully saturated rings. The highest BCUT2D eigenvalue weighted by Crippen LogP contribution is 2.38. The molecule has 0 aliphatic heterocycles. The maximum Gasteiger partial charge on any atom is 0.152 e. The number of hydrogen-bond donors (Lipinski definition) is 1. The summed E-state index contributed by atoms with van der Waals surface area (Å²) in [4.78, 5) is 4.58. The van der Waals surface area contributed by atoms with Crippen molar-refractivity contribution >= 4 is 39.7 Å². The van der Waals surface area contributed by atoms with Gasteiger partial charge in [0.15, 0.2) is 4.34 Å². The van der Waals surface area contributed by atoms with Gasteiger partial charge in [-0.1, -0.05) is 66.7 Å². The highest BCUT2D eigenvalue weighted by Gasteiger charge is 2.13. The first-order chi connectivity index (χ1) is 8.58. The third-order valence-electron chi connectivity index (χ3n) is 2.30. The Morgan fingerprint density at radius 3 is 2.78 bits per heavy atom. The molecule has 0 aliphatic rings. The maximum absolute atomic E-state index is 6.17. The second kappa shape index (κ2) is 5.95. The predicted octanol–water partition coefficient (Wildman–Crippen LogP) is 4.79. The minimum atomic E-state index is 0.642. The Hall–Kier alpha value is -0.710. The van der Waals surface area contributed by atoms with E-state index in [0.29, 0.717) is 10.9 Å². The Balaban J connectivity index is 2.27. The number of benzene rings is 1. The van der Waals surface area contributed by atoms with Crippen LogP contribution in [-0.2, 0) is 0 Å². The fourth-order valence-corrected chi connectivity index (χ4v) is 3.60. The Morgan fingerprint density at radius 2 is 2.11 bits per heavy atom. The average Bonchev–Trinajstić information content (AvgIpc) is 2.69. The molecule has 1 aromatic carbocycles. The average molecular weight is 299 g/mol. The summed E-state index contributed by atoms with van der Waals surface area (Å²) in [6.07, 6.45) is 0. The van der Waals surface area contributed by atoms with Crippen molar-refractivity contribution in [1.29, 1.82) is 0 Å². The van der Waals surface area contributed by atoms with Gasteiger partial charge in [-0.05, 0) is 12.0 Å². The van der Waals surface area contributed by atoms with Gasteiger partial charge >= 0.3 is 0 Å². The maximum atomic E-state index is 6.17. The van der Waals surface area contributed by atoms with E-state index in [2.05, 4.69) is 18.8 Å². The van der Waals surface area contributed by atoms with Gasteiger partial charge < -0.3 is 5.73 Å². The molecule has 0 radical (unpaired) electrons. The molecule has 0 amide bonds. The highest BCUT2D eigenvalue weighted by atomic mass is 35.5. The SMILES string of the molecule is CC(C)CSc1nc(-c2ccccc2Cl)c(N)s1. The van der Waals surface area contributed by atoms with Gasteiger partial charge in [0.05, 0.1) is 5.02 Å². The lowest BCUT2D eigenvalue weighted by Crippen LogP contribution is -1.89. The zero-order chi connectivity index (χ0) is 13.1. The first kappa shape index (κ1) is 13.7. The molecular formula is C13H15ClN2S2. The molecule has 1 aromatic heterocycles. The summed E-state index contributed by atoms with van der Waals surface area (Å²) in [5.41, 5.74) is 7.74. The fourth-order valence-electron chi connectivity index (χ4n) is 1.46. The molecule has 1 heterocycles. The first-order valence-electron chi connectivity index (χ1n) is 5.72. The molecule has 0 atom stereocenters. The number of nitrogens with two attached hydrogens (primary N) is 1. The second-order valence-electron chi connectivity index (χ2n) is 4.38. The molecule has 2 aromatic rings. The van der Waals surface area contributed by atoms with E-state index in [9.17, 15) is 0 Å². The van der Waals surface area contributed by atoms with Crippen LogP contribution in [0.1, 0.15) is 13.8 Å². The molecule has 0 aliphatic carbocycles. The molecule has 18 heavy (non-hydrogen) atoms. The van der Waals surface area contributed by atoms with Crippen LogP contribution in [0.2, 0.25) is 5.02 Å². The Bertz CT molecular complexity index is 538. The summed E-state index contributed by atoms with van der Waals surface area (Å²) < 4.78 is 1.01. The number of thioether (sulfide) groups is 1. The topological polar surface area (TPSA) is 38.9 Å². The number of halogens is 1. The molecule has 5 heteroatoms. The van der Waals surface area contributed by atoms with Gasteiger partial charge in [-0.15, -0.1) is 0 Å². The smallest absolute Gasteiger partial charge is 0.152 e. The van der Waals surface area contributed by atoms with E-state index < -0.39 is 0 Å². The van der Waals surface area contributed by atoms with Crippen LogP contribution in [0.15, 0.2) is 28.6 Å². The number of nitrogen functional groups attached to an aromatic ring is 1. The molecule has 96 valence electrons. The lowest BCUT2D eigenvalue weighted by Gasteiger charge is -2.01. The molecule has 0 bridgehead atoms. The fraction of sp³-hybridized carbons (Fsp3) is 0.308. The normalized spacial score (nSPS) is 11.1. The summed E-state index contributed by atoms with van der Waals surface area (Å²) in [6.45, 7) is 4.39.